The van der Waals surface area contributed by atoms with Crippen molar-refractivity contribution in [2.75, 3.05) is 11.4 Å². The molecular formula is C22H35N3O5. The fourth-order valence-corrected chi connectivity index (χ4v) is 2.55. The molecule has 8 nitrogen and oxygen atoms in total. The first kappa shape index (κ1) is 25.4. The second-order valence-corrected chi connectivity index (χ2v) is 9.27. The van der Waals surface area contributed by atoms with E-state index < -0.39 is 23.4 Å². The van der Waals surface area contributed by atoms with Gasteiger partial charge in [-0.3, -0.25) is 9.69 Å². The number of nitrogens with one attached hydrogen (secondary N) is 1. The van der Waals surface area contributed by atoms with Crippen LogP contribution in [0.4, 0.5) is 15.4 Å². The highest BCUT2D eigenvalue weighted by atomic mass is 16.6. The molecule has 0 saturated heterocycles. The fourth-order valence-electron chi connectivity index (χ4n) is 2.55. The third kappa shape index (κ3) is 8.80. The number of amides is 2. The second kappa shape index (κ2) is 10.4. The minimum Gasteiger partial charge on any atom is -0.444 e. The van der Waals surface area contributed by atoms with E-state index >= 15 is 0 Å². The first-order valence-corrected chi connectivity index (χ1v) is 10.2. The first-order chi connectivity index (χ1) is 13.7. The van der Waals surface area contributed by atoms with Crippen molar-refractivity contribution in [1.82, 2.24) is 10.3 Å². The maximum Gasteiger partial charge on any atom is 0.416 e. The number of hydrogen-bond acceptors (Lipinski definition) is 6. The molecule has 0 spiro atoms. The summed E-state index contributed by atoms with van der Waals surface area (Å²) in [6.45, 7) is 14.7. The fraction of sp³-hybridized carbons (Fsp3) is 0.636. The molecular weight excluding hydrogens is 386 g/mol. The molecule has 0 aliphatic carbocycles. The average Bonchev–Trinajstić information content (AvgIpc) is 2.55. The van der Waals surface area contributed by atoms with Crippen LogP contribution in [0.2, 0.25) is 0 Å². The Morgan fingerprint density at radius 3 is 2.20 bits per heavy atom. The van der Waals surface area contributed by atoms with Gasteiger partial charge in [0.1, 0.15) is 17.0 Å². The van der Waals surface area contributed by atoms with Crippen molar-refractivity contribution in [3.63, 3.8) is 0 Å². The van der Waals surface area contributed by atoms with Gasteiger partial charge in [0.15, 0.2) is 5.78 Å². The van der Waals surface area contributed by atoms with Crippen LogP contribution in [-0.2, 0) is 9.47 Å². The van der Waals surface area contributed by atoms with Gasteiger partial charge in [-0.15, -0.1) is 0 Å². The van der Waals surface area contributed by atoms with Crippen LogP contribution in [0.15, 0.2) is 18.3 Å². The van der Waals surface area contributed by atoms with Crippen molar-refractivity contribution >= 4 is 23.8 Å². The predicted octanol–water partition coefficient (Wildman–Crippen LogP) is 4.72. The molecule has 168 valence electrons. The van der Waals surface area contributed by atoms with Gasteiger partial charge in [-0.25, -0.2) is 14.6 Å². The summed E-state index contributed by atoms with van der Waals surface area (Å²) in [5.41, 5.74) is -0.905. The summed E-state index contributed by atoms with van der Waals surface area (Å²) in [5, 5.41) is 2.63. The number of ketones is 1. The lowest BCUT2D eigenvalue weighted by atomic mass is 10.1. The monoisotopic (exact) mass is 421 g/mol. The molecule has 0 bridgehead atoms. The van der Waals surface area contributed by atoms with Crippen molar-refractivity contribution in [3.05, 3.63) is 23.9 Å². The lowest BCUT2D eigenvalue weighted by Gasteiger charge is -2.30. The number of Topliss-reactive ketones (excluding diaryl/α,β-unsaturated/α-hetero) is 1. The van der Waals surface area contributed by atoms with Crippen LogP contribution in [0.3, 0.4) is 0 Å². The van der Waals surface area contributed by atoms with Crippen molar-refractivity contribution in [2.24, 2.45) is 0 Å². The van der Waals surface area contributed by atoms with E-state index in [1.807, 2.05) is 13.8 Å². The topological polar surface area (TPSA) is 97.8 Å². The summed E-state index contributed by atoms with van der Waals surface area (Å²) < 4.78 is 10.7. The summed E-state index contributed by atoms with van der Waals surface area (Å²) in [4.78, 5) is 42.9. The van der Waals surface area contributed by atoms with Crippen LogP contribution in [0.1, 0.15) is 78.6 Å². The number of hydrogen-bond donors (Lipinski definition) is 1. The largest absolute Gasteiger partial charge is 0.444 e. The quantitative estimate of drug-likeness (QED) is 0.505. The molecule has 8 heteroatoms. The number of nitrogens with zero attached hydrogens (tertiary/aromatic N) is 2. The lowest BCUT2D eigenvalue weighted by molar-refractivity contribution is 0.0522. The Kier molecular flexibility index (Phi) is 8.81. The normalized spacial score (nSPS) is 11.8. The summed E-state index contributed by atoms with van der Waals surface area (Å²) in [7, 11) is 0. The minimum absolute atomic E-state index is 0.168. The summed E-state index contributed by atoms with van der Waals surface area (Å²) in [6.07, 6.45) is 1.08. The molecule has 0 aromatic carbocycles. The predicted molar refractivity (Wildman–Crippen MR) is 116 cm³/mol. The summed E-state index contributed by atoms with van der Waals surface area (Å²) >= 11 is 0. The van der Waals surface area contributed by atoms with Crippen LogP contribution in [-0.4, -0.2) is 46.7 Å². The second-order valence-electron chi connectivity index (χ2n) is 9.27. The van der Waals surface area contributed by atoms with Gasteiger partial charge in [0.25, 0.3) is 0 Å². The summed E-state index contributed by atoms with van der Waals surface area (Å²) in [5.74, 6) is 0.102. The van der Waals surface area contributed by atoms with Gasteiger partial charge in [-0.1, -0.05) is 0 Å². The molecule has 0 saturated carbocycles. The van der Waals surface area contributed by atoms with Gasteiger partial charge < -0.3 is 14.8 Å². The standard InChI is InChI=1S/C22H35N3O5/c1-15(2)25(20(28)30-22(6,7)8)18-16(11-9-13-23-18)17(26)12-10-14-24-19(27)29-21(3,4)5/h9,11,13,15H,10,12,14H2,1-8H3,(H,24,27). The third-order valence-electron chi connectivity index (χ3n) is 3.67. The van der Waals surface area contributed by atoms with E-state index in [4.69, 9.17) is 9.47 Å². The Hall–Kier alpha value is -2.64. The highest BCUT2D eigenvalue weighted by Crippen LogP contribution is 2.24. The van der Waals surface area contributed by atoms with E-state index in [1.54, 1.807) is 53.7 Å². The molecule has 0 atom stereocenters. The zero-order valence-electron chi connectivity index (χ0n) is 19.4. The average molecular weight is 422 g/mol. The van der Waals surface area contributed by atoms with Gasteiger partial charge in [-0.05, 0) is 73.9 Å². The molecule has 1 aromatic rings. The van der Waals surface area contributed by atoms with E-state index in [-0.39, 0.29) is 24.1 Å². The number of ether oxygens (including phenoxy) is 2. The van der Waals surface area contributed by atoms with Crippen LogP contribution < -0.4 is 10.2 Å². The van der Waals surface area contributed by atoms with Crippen molar-refractivity contribution < 1.29 is 23.9 Å². The molecule has 1 heterocycles. The van der Waals surface area contributed by atoms with Crippen LogP contribution in [0.5, 0.6) is 0 Å². The van der Waals surface area contributed by atoms with E-state index in [2.05, 4.69) is 10.3 Å². The highest BCUT2D eigenvalue weighted by Gasteiger charge is 2.29. The van der Waals surface area contributed by atoms with Crippen LogP contribution in [0, 0.1) is 0 Å². The van der Waals surface area contributed by atoms with E-state index in [0.717, 1.165) is 0 Å². The number of rotatable bonds is 7. The molecule has 0 aliphatic heterocycles. The molecule has 0 radical (unpaired) electrons. The Morgan fingerprint density at radius 2 is 1.67 bits per heavy atom. The number of anilines is 1. The molecule has 0 unspecified atom stereocenters. The maximum atomic E-state index is 12.8. The first-order valence-electron chi connectivity index (χ1n) is 10.2. The number of aromatic nitrogens is 1. The SMILES string of the molecule is CC(C)N(C(=O)OC(C)(C)C)c1ncccc1C(=O)CCCNC(=O)OC(C)(C)C. The van der Waals surface area contributed by atoms with Gasteiger partial charge in [0.05, 0.1) is 5.56 Å². The van der Waals surface area contributed by atoms with Gasteiger partial charge >= 0.3 is 12.2 Å². The van der Waals surface area contributed by atoms with Crippen LogP contribution >= 0.6 is 0 Å². The van der Waals surface area contributed by atoms with Crippen molar-refractivity contribution in [2.45, 2.75) is 85.5 Å². The minimum atomic E-state index is -0.670. The van der Waals surface area contributed by atoms with E-state index in [9.17, 15) is 14.4 Å². The Bertz CT molecular complexity index is 748. The third-order valence-corrected chi connectivity index (χ3v) is 3.67. The smallest absolute Gasteiger partial charge is 0.416 e. The zero-order chi connectivity index (χ0) is 23.1. The molecule has 1 aromatic heterocycles. The number of carbonyl (C=O) groups excluding carboxylic acids is 3. The van der Waals surface area contributed by atoms with E-state index in [1.165, 1.54) is 11.1 Å². The van der Waals surface area contributed by atoms with Gasteiger partial charge in [0.2, 0.25) is 0 Å². The Balaban J connectivity index is 2.85. The molecule has 2 amide bonds. The van der Waals surface area contributed by atoms with Crippen molar-refractivity contribution in [1.29, 1.82) is 0 Å². The lowest BCUT2D eigenvalue weighted by Crippen LogP contribution is -2.42. The summed E-state index contributed by atoms with van der Waals surface area (Å²) in [6, 6.07) is 3.05. The Labute approximate surface area is 179 Å². The molecule has 30 heavy (non-hydrogen) atoms. The molecule has 1 rings (SSSR count). The highest BCUT2D eigenvalue weighted by molar-refractivity contribution is 6.03. The molecule has 1 N–H and O–H groups in total. The Morgan fingerprint density at radius 1 is 1.07 bits per heavy atom. The van der Waals surface area contributed by atoms with Gasteiger partial charge in [-0.2, -0.15) is 0 Å². The van der Waals surface area contributed by atoms with Gasteiger partial charge in [0, 0.05) is 25.2 Å². The van der Waals surface area contributed by atoms with Crippen LogP contribution in [0.25, 0.3) is 0 Å². The maximum absolute atomic E-state index is 12.8. The van der Waals surface area contributed by atoms with E-state index in [0.29, 0.717) is 18.5 Å². The van der Waals surface area contributed by atoms with Crippen molar-refractivity contribution in [3.8, 4) is 0 Å². The number of carbonyl (C=O) groups is 3. The zero-order valence-corrected chi connectivity index (χ0v) is 19.4. The molecule has 0 aliphatic rings. The molecule has 0 fully saturated rings. The number of alkyl carbamates (subject to hydrolysis) is 1. The number of pyridine rings is 1.